The molecule has 0 aliphatic carbocycles. The minimum atomic E-state index is -1.19. The largest absolute Gasteiger partial charge is 0.365 e. The van der Waals surface area contributed by atoms with Gasteiger partial charge < -0.3 is 20.9 Å². The summed E-state index contributed by atoms with van der Waals surface area (Å²) in [7, 11) is 1.85. The van der Waals surface area contributed by atoms with E-state index in [-0.39, 0.29) is 11.3 Å². The number of halogens is 1. The Bertz CT molecular complexity index is 790. The summed E-state index contributed by atoms with van der Waals surface area (Å²) in [6.07, 6.45) is 3.99. The van der Waals surface area contributed by atoms with E-state index in [0.717, 1.165) is 44.7 Å². The van der Waals surface area contributed by atoms with Crippen molar-refractivity contribution in [2.45, 2.75) is 36.6 Å². The van der Waals surface area contributed by atoms with E-state index in [1.54, 1.807) is 12.4 Å². The molecular weight excluding hydrogens is 420 g/mol. The maximum Gasteiger partial charge on any atom is 0.234 e. The van der Waals surface area contributed by atoms with E-state index in [1.807, 2.05) is 18.0 Å². The third kappa shape index (κ3) is 4.83. The monoisotopic (exact) mass is 450 g/mol. The highest BCUT2D eigenvalue weighted by Gasteiger charge is 2.40. The van der Waals surface area contributed by atoms with Crippen molar-refractivity contribution in [2.24, 2.45) is 16.8 Å². The van der Waals surface area contributed by atoms with E-state index >= 15 is 0 Å². The van der Waals surface area contributed by atoms with Crippen LogP contribution in [0.25, 0.3) is 0 Å². The Morgan fingerprint density at radius 3 is 2.84 bits per heavy atom. The number of hydrogen-bond acceptors (Lipinski definition) is 9. The zero-order chi connectivity index (χ0) is 22.0. The van der Waals surface area contributed by atoms with E-state index in [2.05, 4.69) is 30.6 Å². The van der Waals surface area contributed by atoms with Crippen molar-refractivity contribution in [2.75, 3.05) is 56.5 Å². The highest BCUT2D eigenvalue weighted by molar-refractivity contribution is 6.21. The van der Waals surface area contributed by atoms with Gasteiger partial charge in [0.05, 0.1) is 29.1 Å². The Morgan fingerprint density at radius 2 is 2.13 bits per heavy atom. The number of aromatic nitrogens is 1. The molecule has 1 aromatic rings. The summed E-state index contributed by atoms with van der Waals surface area (Å²) in [6, 6.07) is 2.39. The average molecular weight is 451 g/mol. The molecule has 31 heavy (non-hydrogen) atoms. The Labute approximate surface area is 187 Å². The van der Waals surface area contributed by atoms with Crippen molar-refractivity contribution in [1.29, 1.82) is 0 Å². The molecular formula is C20H31ClN8O2. The molecule has 0 saturated carbocycles. The summed E-state index contributed by atoms with van der Waals surface area (Å²) in [5.41, 5.74) is 7.56. The molecule has 0 spiro atoms. The number of nitrogens with one attached hydrogen (secondary N) is 2. The Morgan fingerprint density at radius 1 is 1.35 bits per heavy atom. The lowest BCUT2D eigenvalue weighted by molar-refractivity contribution is -0.123. The fourth-order valence-electron chi connectivity index (χ4n) is 5.00. The lowest BCUT2D eigenvalue weighted by Gasteiger charge is -2.40. The summed E-state index contributed by atoms with van der Waals surface area (Å²) >= 11 is 6.22. The second-order valence-corrected chi connectivity index (χ2v) is 9.28. The van der Waals surface area contributed by atoms with E-state index in [0.29, 0.717) is 24.8 Å². The van der Waals surface area contributed by atoms with Crippen molar-refractivity contribution in [1.82, 2.24) is 20.1 Å². The number of nitrogens with zero attached hydrogens (tertiary/aromatic N) is 5. The summed E-state index contributed by atoms with van der Waals surface area (Å²) in [5.74, 6) is -1.23. The molecule has 4 atom stereocenters. The minimum absolute atomic E-state index is 0.0793. The van der Waals surface area contributed by atoms with Gasteiger partial charge in [-0.3, -0.25) is 20.0 Å². The second-order valence-electron chi connectivity index (χ2n) is 8.66. The van der Waals surface area contributed by atoms with Crippen LogP contribution < -0.4 is 21.3 Å². The van der Waals surface area contributed by atoms with Crippen molar-refractivity contribution in [3.63, 3.8) is 0 Å². The van der Waals surface area contributed by atoms with Crippen molar-refractivity contribution < 1.29 is 4.79 Å². The van der Waals surface area contributed by atoms with Crippen molar-refractivity contribution in [3.05, 3.63) is 23.4 Å². The molecule has 4 unspecified atom stereocenters. The zero-order valence-electron chi connectivity index (χ0n) is 17.8. The maximum absolute atomic E-state index is 13.4. The summed E-state index contributed by atoms with van der Waals surface area (Å²) in [4.78, 5) is 35.7. The Kier molecular flexibility index (Phi) is 7.02. The molecule has 1 aromatic heterocycles. The number of carbonyl (C=O) groups is 1. The number of fused-ring (bicyclic) bond motifs is 4. The van der Waals surface area contributed by atoms with Gasteiger partial charge in [-0.1, -0.05) is 5.18 Å². The Hall–Kier alpha value is -1.85. The summed E-state index contributed by atoms with van der Waals surface area (Å²) < 4.78 is 0. The number of piperidine rings is 1. The van der Waals surface area contributed by atoms with Gasteiger partial charge in [0.25, 0.3) is 0 Å². The molecule has 4 fully saturated rings. The number of anilines is 2. The lowest BCUT2D eigenvalue weighted by Crippen LogP contribution is -2.62. The molecule has 170 valence electrons. The number of carbonyl (C=O) groups excluding carboxylic acids is 1. The van der Waals surface area contributed by atoms with Crippen LogP contribution in [0, 0.1) is 10.8 Å². The van der Waals surface area contributed by atoms with Crippen molar-refractivity contribution in [3.8, 4) is 0 Å². The summed E-state index contributed by atoms with van der Waals surface area (Å²) in [5, 5.41) is 9.12. The first kappa shape index (κ1) is 22.3. The number of amides is 1. The molecule has 4 saturated heterocycles. The minimum Gasteiger partial charge on any atom is -0.365 e. The van der Waals surface area contributed by atoms with Gasteiger partial charge in [-0.05, 0) is 26.0 Å². The highest BCUT2D eigenvalue weighted by atomic mass is 35.5. The predicted molar refractivity (Wildman–Crippen MR) is 121 cm³/mol. The number of pyridine rings is 1. The highest BCUT2D eigenvalue weighted by Crippen LogP contribution is 2.32. The first-order valence-corrected chi connectivity index (χ1v) is 11.3. The van der Waals surface area contributed by atoms with Gasteiger partial charge in [0.1, 0.15) is 5.92 Å². The number of alkyl halides is 1. The van der Waals surface area contributed by atoms with Crippen LogP contribution in [0.4, 0.5) is 11.4 Å². The second kappa shape index (κ2) is 9.74. The van der Waals surface area contributed by atoms with Crippen LogP contribution in [0.3, 0.4) is 0 Å². The van der Waals surface area contributed by atoms with Gasteiger partial charge in [0.15, 0.2) is 6.17 Å². The normalized spacial score (nSPS) is 31.0. The van der Waals surface area contributed by atoms with E-state index in [9.17, 15) is 9.70 Å². The quantitative estimate of drug-likeness (QED) is 0.422. The number of nitrogens with two attached hydrogens (primary N) is 1. The molecule has 4 N–H and O–H groups in total. The first-order chi connectivity index (χ1) is 15.0. The van der Waals surface area contributed by atoms with Gasteiger partial charge in [-0.15, -0.1) is 16.5 Å². The van der Waals surface area contributed by atoms with Crippen LogP contribution >= 0.6 is 11.6 Å². The van der Waals surface area contributed by atoms with Gasteiger partial charge in [0, 0.05) is 51.5 Å². The predicted octanol–water partition coefficient (Wildman–Crippen LogP) is 0.440. The van der Waals surface area contributed by atoms with Gasteiger partial charge in [-0.2, -0.15) is 0 Å². The average Bonchev–Trinajstić information content (AvgIpc) is 3.09. The van der Waals surface area contributed by atoms with Crippen LogP contribution in [0.2, 0.25) is 0 Å². The van der Waals surface area contributed by atoms with Gasteiger partial charge in [0.2, 0.25) is 5.91 Å². The maximum atomic E-state index is 13.4. The number of rotatable bonds is 6. The molecule has 5 heterocycles. The first-order valence-electron chi connectivity index (χ1n) is 10.9. The standard InChI is InChI=1S/C20H31ClN8O2/c1-27-12-13(21)10-24-19(27)17(18(22)26-31)20(30)25-15-11-23-5-2-16(15)29-9-8-28-6-3-14(29)4-7-28/h2,5,11,13-14,17-19,24H,3-4,6-10,12,22H2,1H3,(H,25,30). The van der Waals surface area contributed by atoms with Crippen molar-refractivity contribution >= 4 is 28.9 Å². The van der Waals surface area contributed by atoms with E-state index < -0.39 is 18.2 Å². The molecule has 5 rings (SSSR count). The van der Waals surface area contributed by atoms with Crippen LogP contribution in [-0.2, 0) is 4.79 Å². The van der Waals surface area contributed by atoms with Crippen LogP contribution in [0.1, 0.15) is 12.8 Å². The molecule has 0 radical (unpaired) electrons. The van der Waals surface area contributed by atoms with Crippen LogP contribution in [-0.4, -0.2) is 90.8 Å². The molecule has 2 bridgehead atoms. The van der Waals surface area contributed by atoms with Crippen LogP contribution in [0.15, 0.2) is 23.6 Å². The molecule has 4 aliphatic heterocycles. The van der Waals surface area contributed by atoms with Crippen LogP contribution in [0.5, 0.6) is 0 Å². The zero-order valence-corrected chi connectivity index (χ0v) is 18.5. The topological polar surface area (TPSA) is 119 Å². The smallest absolute Gasteiger partial charge is 0.234 e. The summed E-state index contributed by atoms with van der Waals surface area (Å²) in [6.45, 7) is 5.23. The molecule has 10 nitrogen and oxygen atoms in total. The third-order valence-electron chi connectivity index (χ3n) is 6.66. The number of nitroso groups, excluding NO2 is 1. The third-order valence-corrected chi connectivity index (χ3v) is 6.95. The Balaban J connectivity index is 1.56. The fourth-order valence-corrected chi connectivity index (χ4v) is 5.31. The fraction of sp³-hybridized carbons (Fsp3) is 0.700. The molecule has 1 amide bonds. The molecule has 0 aromatic carbocycles. The molecule has 11 heteroatoms. The SMILES string of the molecule is CN1CC(Cl)CNC1C(C(=O)Nc1cnccc1N1CCN2CCC1CC2)C(N)N=O. The van der Waals surface area contributed by atoms with E-state index in [1.165, 1.54) is 0 Å². The van der Waals surface area contributed by atoms with Gasteiger partial charge in [-0.25, -0.2) is 0 Å². The molecule has 4 aliphatic rings. The van der Waals surface area contributed by atoms with E-state index in [4.69, 9.17) is 17.3 Å². The van der Waals surface area contributed by atoms with Gasteiger partial charge >= 0.3 is 0 Å². The number of hydrogen-bond donors (Lipinski definition) is 3. The lowest BCUT2D eigenvalue weighted by atomic mass is 9.98.